The molecule has 5 aromatic rings. The predicted octanol–water partition coefficient (Wildman–Crippen LogP) is 5.25. The van der Waals surface area contributed by atoms with E-state index in [2.05, 4.69) is 28.2 Å². The summed E-state index contributed by atoms with van der Waals surface area (Å²) < 4.78 is 29.9. The van der Waals surface area contributed by atoms with Gasteiger partial charge in [-0.2, -0.15) is 4.31 Å². The molecule has 0 atom stereocenters. The van der Waals surface area contributed by atoms with Gasteiger partial charge in [-0.05, 0) is 35.9 Å². The molecule has 0 radical (unpaired) electrons. The highest BCUT2D eigenvalue weighted by Crippen LogP contribution is 2.37. The molecular formula is C28H24ClN5O2S. The average Bonchev–Trinajstić information content (AvgIpc) is 3.34. The van der Waals surface area contributed by atoms with E-state index in [0.29, 0.717) is 36.1 Å². The van der Waals surface area contributed by atoms with Crippen molar-refractivity contribution in [2.45, 2.75) is 4.90 Å². The summed E-state index contributed by atoms with van der Waals surface area (Å²) >= 11 is 6.31. The molecule has 0 N–H and O–H groups in total. The third kappa shape index (κ3) is 4.37. The van der Waals surface area contributed by atoms with Gasteiger partial charge in [-0.15, -0.1) is 0 Å². The smallest absolute Gasteiger partial charge is 0.243 e. The monoisotopic (exact) mass is 529 g/mol. The first-order valence-corrected chi connectivity index (χ1v) is 13.8. The van der Waals surface area contributed by atoms with Crippen molar-refractivity contribution in [2.24, 2.45) is 0 Å². The fourth-order valence-corrected chi connectivity index (χ4v) is 6.45. The van der Waals surface area contributed by atoms with Gasteiger partial charge in [-0.25, -0.2) is 18.4 Å². The Hall–Kier alpha value is -3.72. The van der Waals surface area contributed by atoms with Crippen molar-refractivity contribution >= 4 is 38.5 Å². The van der Waals surface area contributed by atoms with Crippen LogP contribution in [-0.4, -0.2) is 53.4 Å². The molecule has 186 valence electrons. The molecule has 0 saturated carbocycles. The normalized spacial score (nSPS) is 14.8. The van der Waals surface area contributed by atoms with Gasteiger partial charge in [-0.1, -0.05) is 66.2 Å². The number of rotatable bonds is 5. The summed E-state index contributed by atoms with van der Waals surface area (Å²) in [5.74, 6) is 0.793. The van der Waals surface area contributed by atoms with Crippen molar-refractivity contribution in [1.29, 1.82) is 0 Å². The number of sulfonamides is 1. The van der Waals surface area contributed by atoms with Crippen molar-refractivity contribution in [3.05, 3.63) is 102 Å². The Balaban J connectivity index is 1.40. The minimum atomic E-state index is -3.54. The number of anilines is 1. The van der Waals surface area contributed by atoms with Crippen molar-refractivity contribution in [1.82, 2.24) is 18.8 Å². The maximum Gasteiger partial charge on any atom is 0.243 e. The van der Waals surface area contributed by atoms with E-state index in [1.54, 1.807) is 34.9 Å². The number of halogens is 1. The summed E-state index contributed by atoms with van der Waals surface area (Å²) in [4.78, 5) is 11.8. The number of hydrogen-bond acceptors (Lipinski definition) is 5. The van der Waals surface area contributed by atoms with Crippen LogP contribution in [0.25, 0.3) is 27.8 Å². The molecule has 3 heterocycles. The van der Waals surface area contributed by atoms with Gasteiger partial charge in [0.15, 0.2) is 5.65 Å². The van der Waals surface area contributed by atoms with Gasteiger partial charge in [0.25, 0.3) is 0 Å². The van der Waals surface area contributed by atoms with Gasteiger partial charge < -0.3 is 9.47 Å². The molecule has 1 fully saturated rings. The largest absolute Gasteiger partial charge is 0.353 e. The molecule has 0 spiro atoms. The van der Waals surface area contributed by atoms with Crippen LogP contribution in [0.2, 0.25) is 5.02 Å². The van der Waals surface area contributed by atoms with Crippen LogP contribution in [0.1, 0.15) is 0 Å². The van der Waals surface area contributed by atoms with Crippen LogP contribution in [0.4, 0.5) is 5.82 Å². The van der Waals surface area contributed by atoms with E-state index in [1.165, 1.54) is 0 Å². The van der Waals surface area contributed by atoms with E-state index in [-0.39, 0.29) is 0 Å². The quantitative estimate of drug-likeness (QED) is 0.311. The molecule has 9 heteroatoms. The Kier molecular flexibility index (Phi) is 6.16. The molecule has 1 aliphatic rings. The standard InChI is InChI=1S/C28H24ClN5O2S/c29-22-10-7-11-23(18-22)34-19-25(21-8-3-1-4-9-21)26-27(30-20-31-28(26)34)32-14-16-33(17-15-32)37(35,36)24-12-5-2-6-13-24/h1-13,18-20H,14-17H2. The Morgan fingerprint density at radius 2 is 1.49 bits per heavy atom. The van der Waals surface area contributed by atoms with Crippen molar-refractivity contribution < 1.29 is 8.42 Å². The van der Waals surface area contributed by atoms with Crippen LogP contribution in [0.5, 0.6) is 0 Å². The second-order valence-corrected chi connectivity index (χ2v) is 11.2. The second kappa shape index (κ2) is 9.63. The first-order chi connectivity index (χ1) is 18.0. The topological polar surface area (TPSA) is 71.3 Å². The van der Waals surface area contributed by atoms with E-state index in [4.69, 9.17) is 16.6 Å². The fraction of sp³-hybridized carbons (Fsp3) is 0.143. The lowest BCUT2D eigenvalue weighted by atomic mass is 10.1. The second-order valence-electron chi connectivity index (χ2n) is 8.86. The number of nitrogens with zero attached hydrogens (tertiary/aromatic N) is 5. The van der Waals surface area contributed by atoms with Crippen molar-refractivity contribution in [2.75, 3.05) is 31.1 Å². The number of hydrogen-bond donors (Lipinski definition) is 0. The third-order valence-corrected chi connectivity index (χ3v) is 8.80. The van der Waals surface area contributed by atoms with Gasteiger partial charge in [0.05, 0.1) is 10.3 Å². The van der Waals surface area contributed by atoms with Gasteiger partial charge in [0.2, 0.25) is 10.0 Å². The van der Waals surface area contributed by atoms with E-state index < -0.39 is 10.0 Å². The van der Waals surface area contributed by atoms with Gasteiger partial charge >= 0.3 is 0 Å². The summed E-state index contributed by atoms with van der Waals surface area (Å²) in [6.45, 7) is 1.79. The van der Waals surface area contributed by atoms with Crippen LogP contribution >= 0.6 is 11.6 Å². The Labute approximate surface area is 220 Å². The van der Waals surface area contributed by atoms with Crippen LogP contribution in [-0.2, 0) is 10.0 Å². The number of benzene rings is 3. The molecule has 2 aromatic heterocycles. The van der Waals surface area contributed by atoms with Crippen LogP contribution in [0.15, 0.2) is 102 Å². The maximum atomic E-state index is 13.1. The molecule has 6 rings (SSSR count). The molecule has 37 heavy (non-hydrogen) atoms. The molecule has 1 saturated heterocycles. The van der Waals surface area contributed by atoms with Gasteiger partial charge in [0.1, 0.15) is 12.1 Å². The lowest BCUT2D eigenvalue weighted by molar-refractivity contribution is 0.384. The third-order valence-electron chi connectivity index (χ3n) is 6.65. The van der Waals surface area contributed by atoms with Gasteiger partial charge in [0, 0.05) is 48.6 Å². The zero-order chi connectivity index (χ0) is 25.4. The molecule has 0 bridgehead atoms. The Morgan fingerprint density at radius 1 is 0.784 bits per heavy atom. The van der Waals surface area contributed by atoms with Crippen LogP contribution < -0.4 is 4.90 Å². The van der Waals surface area contributed by atoms with Crippen LogP contribution in [0, 0.1) is 0 Å². The summed E-state index contributed by atoms with van der Waals surface area (Å²) in [5, 5.41) is 1.57. The van der Waals surface area contributed by atoms with E-state index >= 15 is 0 Å². The summed E-state index contributed by atoms with van der Waals surface area (Å²) in [5.41, 5.74) is 3.73. The highest BCUT2D eigenvalue weighted by molar-refractivity contribution is 7.89. The summed E-state index contributed by atoms with van der Waals surface area (Å²) in [7, 11) is -3.54. The van der Waals surface area contributed by atoms with E-state index in [1.807, 2.05) is 53.1 Å². The predicted molar refractivity (Wildman–Crippen MR) is 147 cm³/mol. The zero-order valence-corrected chi connectivity index (χ0v) is 21.5. The minimum absolute atomic E-state index is 0.317. The highest BCUT2D eigenvalue weighted by atomic mass is 35.5. The van der Waals surface area contributed by atoms with E-state index in [9.17, 15) is 8.42 Å². The van der Waals surface area contributed by atoms with Crippen LogP contribution in [0.3, 0.4) is 0 Å². The molecule has 1 aliphatic heterocycles. The summed E-state index contributed by atoms with van der Waals surface area (Å²) in [6.07, 6.45) is 3.64. The molecule has 0 amide bonds. The highest BCUT2D eigenvalue weighted by Gasteiger charge is 2.30. The van der Waals surface area contributed by atoms with E-state index in [0.717, 1.165) is 33.7 Å². The first kappa shape index (κ1) is 23.7. The number of aromatic nitrogens is 3. The molecule has 7 nitrogen and oxygen atoms in total. The molecule has 0 aliphatic carbocycles. The lowest BCUT2D eigenvalue weighted by Gasteiger charge is -2.35. The first-order valence-electron chi connectivity index (χ1n) is 12.0. The van der Waals surface area contributed by atoms with Gasteiger partial charge in [-0.3, -0.25) is 0 Å². The Morgan fingerprint density at radius 3 is 2.19 bits per heavy atom. The maximum absolute atomic E-state index is 13.1. The Bertz CT molecular complexity index is 1670. The lowest BCUT2D eigenvalue weighted by Crippen LogP contribution is -2.49. The minimum Gasteiger partial charge on any atom is -0.353 e. The number of piperazine rings is 1. The number of fused-ring (bicyclic) bond motifs is 1. The zero-order valence-electron chi connectivity index (χ0n) is 19.9. The molecular weight excluding hydrogens is 506 g/mol. The average molecular weight is 530 g/mol. The van der Waals surface area contributed by atoms with Crippen molar-refractivity contribution in [3.8, 4) is 16.8 Å². The molecule has 3 aromatic carbocycles. The SMILES string of the molecule is O=S(=O)(c1ccccc1)N1CCN(c2ncnc3c2c(-c2ccccc2)cn3-c2cccc(Cl)c2)CC1. The van der Waals surface area contributed by atoms with Crippen molar-refractivity contribution in [3.63, 3.8) is 0 Å². The fourth-order valence-electron chi connectivity index (χ4n) is 4.83. The summed E-state index contributed by atoms with van der Waals surface area (Å²) in [6, 6.07) is 26.4. The molecule has 0 unspecified atom stereocenters.